The molecule has 0 aliphatic rings. The van der Waals surface area contributed by atoms with Gasteiger partial charge in [-0.05, 0) is 30.2 Å². The number of aliphatic hydroxyl groups excluding tert-OH is 1. The van der Waals surface area contributed by atoms with Crippen LogP contribution in [0.2, 0.25) is 0 Å². The van der Waals surface area contributed by atoms with Crippen LogP contribution in [0.1, 0.15) is 30.2 Å². The second-order valence-electron chi connectivity index (χ2n) is 4.94. The van der Waals surface area contributed by atoms with E-state index in [2.05, 4.69) is 0 Å². The van der Waals surface area contributed by atoms with Gasteiger partial charge < -0.3 is 20.3 Å². The molecule has 4 nitrogen and oxygen atoms in total. The largest absolute Gasteiger partial charge is 0.493 e. The predicted molar refractivity (Wildman–Crippen MR) is 82.5 cm³/mol. The minimum Gasteiger partial charge on any atom is -0.493 e. The lowest BCUT2D eigenvalue weighted by atomic mass is 10.1. The van der Waals surface area contributed by atoms with Gasteiger partial charge in [0.15, 0.2) is 11.5 Å². The molecule has 0 radical (unpaired) electrons. The summed E-state index contributed by atoms with van der Waals surface area (Å²) >= 11 is 0. The first kappa shape index (κ1) is 15.4. The second-order valence-corrected chi connectivity index (χ2v) is 4.94. The Kier molecular flexibility index (Phi) is 5.20. The molecular formula is C17H21NO3. The van der Waals surface area contributed by atoms with Crippen LogP contribution in [0.4, 0.5) is 0 Å². The summed E-state index contributed by atoms with van der Waals surface area (Å²) in [7, 11) is 1.58. The fraction of sp³-hybridized carbons (Fsp3) is 0.294. The molecule has 2 aromatic rings. The summed E-state index contributed by atoms with van der Waals surface area (Å²) in [6, 6.07) is 14.9. The normalized spacial score (nSPS) is 13.5. The van der Waals surface area contributed by atoms with E-state index >= 15 is 0 Å². The summed E-state index contributed by atoms with van der Waals surface area (Å²) in [5.41, 5.74) is 7.65. The minimum atomic E-state index is -0.677. The van der Waals surface area contributed by atoms with E-state index in [4.69, 9.17) is 15.2 Å². The maximum absolute atomic E-state index is 10.1. The molecule has 0 amide bonds. The van der Waals surface area contributed by atoms with Crippen molar-refractivity contribution in [2.45, 2.75) is 19.1 Å². The lowest BCUT2D eigenvalue weighted by Gasteiger charge is -2.16. The molecule has 0 spiro atoms. The number of hydrogen-bond acceptors (Lipinski definition) is 4. The summed E-state index contributed by atoms with van der Waals surface area (Å²) in [6.07, 6.45) is -0.677. The Morgan fingerprint density at radius 1 is 1.05 bits per heavy atom. The average Bonchev–Trinajstić information content (AvgIpc) is 2.53. The zero-order valence-electron chi connectivity index (χ0n) is 12.3. The van der Waals surface area contributed by atoms with Crippen LogP contribution >= 0.6 is 0 Å². The van der Waals surface area contributed by atoms with Gasteiger partial charge in [0.25, 0.3) is 0 Å². The van der Waals surface area contributed by atoms with Crippen LogP contribution in [0, 0.1) is 0 Å². The summed E-state index contributed by atoms with van der Waals surface area (Å²) in [5.74, 6) is 1.21. The SMILES string of the molecule is COc1cc([C@@H](C)N)ccc1OCC(O)c1ccccc1. The van der Waals surface area contributed by atoms with E-state index in [9.17, 15) is 5.11 Å². The first-order valence-electron chi connectivity index (χ1n) is 6.91. The van der Waals surface area contributed by atoms with Crippen molar-refractivity contribution in [1.82, 2.24) is 0 Å². The van der Waals surface area contributed by atoms with Gasteiger partial charge in [0, 0.05) is 6.04 Å². The van der Waals surface area contributed by atoms with Crippen molar-refractivity contribution in [3.63, 3.8) is 0 Å². The lowest BCUT2D eigenvalue weighted by Crippen LogP contribution is -2.10. The van der Waals surface area contributed by atoms with Crippen LogP contribution in [0.25, 0.3) is 0 Å². The molecule has 1 unspecified atom stereocenters. The zero-order valence-corrected chi connectivity index (χ0v) is 12.3. The van der Waals surface area contributed by atoms with Crippen LogP contribution in [-0.2, 0) is 0 Å². The molecule has 0 bridgehead atoms. The summed E-state index contributed by atoms with van der Waals surface area (Å²) in [5, 5.41) is 10.1. The fourth-order valence-electron chi connectivity index (χ4n) is 2.03. The van der Waals surface area contributed by atoms with Crippen molar-refractivity contribution in [2.75, 3.05) is 13.7 Å². The number of rotatable bonds is 6. The molecule has 3 N–H and O–H groups in total. The number of ether oxygens (including phenoxy) is 2. The smallest absolute Gasteiger partial charge is 0.161 e. The first-order valence-corrected chi connectivity index (χ1v) is 6.91. The van der Waals surface area contributed by atoms with Crippen LogP contribution < -0.4 is 15.2 Å². The maximum atomic E-state index is 10.1. The topological polar surface area (TPSA) is 64.7 Å². The van der Waals surface area contributed by atoms with Crippen molar-refractivity contribution in [3.8, 4) is 11.5 Å². The van der Waals surface area contributed by atoms with Gasteiger partial charge in [-0.2, -0.15) is 0 Å². The van der Waals surface area contributed by atoms with Gasteiger partial charge in [0.05, 0.1) is 7.11 Å². The van der Waals surface area contributed by atoms with Crippen molar-refractivity contribution in [2.24, 2.45) is 5.73 Å². The van der Waals surface area contributed by atoms with Crippen LogP contribution in [0.3, 0.4) is 0 Å². The van der Waals surface area contributed by atoms with Gasteiger partial charge in [0.1, 0.15) is 12.7 Å². The third-order valence-electron chi connectivity index (χ3n) is 3.29. The summed E-state index contributed by atoms with van der Waals surface area (Å²) in [4.78, 5) is 0. The van der Waals surface area contributed by atoms with Crippen molar-refractivity contribution in [1.29, 1.82) is 0 Å². The van der Waals surface area contributed by atoms with Gasteiger partial charge in [-0.3, -0.25) is 0 Å². The molecule has 4 heteroatoms. The number of hydrogen-bond donors (Lipinski definition) is 2. The van der Waals surface area contributed by atoms with E-state index < -0.39 is 6.10 Å². The van der Waals surface area contributed by atoms with E-state index in [0.29, 0.717) is 11.5 Å². The Morgan fingerprint density at radius 2 is 1.76 bits per heavy atom. The number of aliphatic hydroxyl groups is 1. The molecule has 2 rings (SSSR count). The lowest BCUT2D eigenvalue weighted by molar-refractivity contribution is 0.106. The van der Waals surface area contributed by atoms with Gasteiger partial charge in [-0.25, -0.2) is 0 Å². The van der Waals surface area contributed by atoms with Crippen molar-refractivity contribution >= 4 is 0 Å². The standard InChI is InChI=1S/C17H21NO3/c1-12(18)14-8-9-16(17(10-14)20-2)21-11-15(19)13-6-4-3-5-7-13/h3-10,12,15,19H,11,18H2,1-2H3/t12-,15?/m1/s1. The number of methoxy groups -OCH3 is 1. The van der Waals surface area contributed by atoms with Gasteiger partial charge in [-0.15, -0.1) is 0 Å². The third-order valence-corrected chi connectivity index (χ3v) is 3.29. The van der Waals surface area contributed by atoms with Crippen LogP contribution in [0.15, 0.2) is 48.5 Å². The molecule has 0 aliphatic heterocycles. The molecule has 0 aliphatic carbocycles. The summed E-state index contributed by atoms with van der Waals surface area (Å²) in [6.45, 7) is 2.08. The first-order chi connectivity index (χ1) is 10.1. The molecule has 0 aromatic heterocycles. The Balaban J connectivity index is 2.06. The number of benzene rings is 2. The molecule has 2 aromatic carbocycles. The van der Waals surface area contributed by atoms with Gasteiger partial charge in [-0.1, -0.05) is 36.4 Å². The van der Waals surface area contributed by atoms with E-state index in [1.165, 1.54) is 0 Å². The number of nitrogens with two attached hydrogens (primary N) is 1. The Morgan fingerprint density at radius 3 is 2.38 bits per heavy atom. The Labute approximate surface area is 125 Å². The Bertz CT molecular complexity index is 570. The molecule has 2 atom stereocenters. The van der Waals surface area contributed by atoms with Crippen LogP contribution in [-0.4, -0.2) is 18.8 Å². The molecule has 112 valence electrons. The third kappa shape index (κ3) is 3.97. The maximum Gasteiger partial charge on any atom is 0.161 e. The zero-order chi connectivity index (χ0) is 15.2. The van der Waals surface area contributed by atoms with E-state index in [1.807, 2.05) is 55.5 Å². The molecule has 0 fully saturated rings. The monoisotopic (exact) mass is 287 g/mol. The van der Waals surface area contributed by atoms with Crippen molar-refractivity contribution in [3.05, 3.63) is 59.7 Å². The Hall–Kier alpha value is -2.04. The highest BCUT2D eigenvalue weighted by molar-refractivity contribution is 5.43. The highest BCUT2D eigenvalue weighted by atomic mass is 16.5. The summed E-state index contributed by atoms with van der Waals surface area (Å²) < 4.78 is 11.0. The van der Waals surface area contributed by atoms with Crippen LogP contribution in [0.5, 0.6) is 11.5 Å². The fourth-order valence-corrected chi connectivity index (χ4v) is 2.03. The molecule has 0 heterocycles. The highest BCUT2D eigenvalue weighted by Gasteiger charge is 2.12. The minimum absolute atomic E-state index is 0.0668. The average molecular weight is 287 g/mol. The van der Waals surface area contributed by atoms with E-state index in [0.717, 1.165) is 11.1 Å². The highest BCUT2D eigenvalue weighted by Crippen LogP contribution is 2.30. The molecule has 0 saturated carbocycles. The van der Waals surface area contributed by atoms with E-state index in [-0.39, 0.29) is 12.6 Å². The van der Waals surface area contributed by atoms with Gasteiger partial charge >= 0.3 is 0 Å². The van der Waals surface area contributed by atoms with E-state index in [1.54, 1.807) is 7.11 Å². The molecule has 21 heavy (non-hydrogen) atoms. The van der Waals surface area contributed by atoms with Crippen molar-refractivity contribution < 1.29 is 14.6 Å². The quantitative estimate of drug-likeness (QED) is 0.857. The molecular weight excluding hydrogens is 266 g/mol. The predicted octanol–water partition coefficient (Wildman–Crippen LogP) is 2.83. The van der Waals surface area contributed by atoms with Gasteiger partial charge in [0.2, 0.25) is 0 Å². The molecule has 0 saturated heterocycles. The second kappa shape index (κ2) is 7.11.